The van der Waals surface area contributed by atoms with Crippen LogP contribution in [0.15, 0.2) is 4.52 Å². The number of methoxy groups -OCH3 is 1. The van der Waals surface area contributed by atoms with Crippen molar-refractivity contribution in [1.82, 2.24) is 10.1 Å². The average molecular weight is 142 g/mol. The molecule has 0 atom stereocenters. The van der Waals surface area contributed by atoms with Gasteiger partial charge in [0, 0.05) is 13.5 Å². The minimum absolute atomic E-state index is 0.420. The highest BCUT2D eigenvalue weighted by atomic mass is 16.5. The van der Waals surface area contributed by atoms with Crippen LogP contribution in [0.1, 0.15) is 18.6 Å². The summed E-state index contributed by atoms with van der Waals surface area (Å²) in [5.74, 6) is 1.27. The summed E-state index contributed by atoms with van der Waals surface area (Å²) in [5.41, 5.74) is 0. The molecule has 0 spiro atoms. The first-order chi connectivity index (χ1) is 4.86. The van der Waals surface area contributed by atoms with Gasteiger partial charge < -0.3 is 9.26 Å². The molecule has 56 valence electrons. The molecule has 0 saturated carbocycles. The Morgan fingerprint density at radius 2 is 2.40 bits per heavy atom. The Bertz CT molecular complexity index is 197. The molecule has 0 unspecified atom stereocenters. The molecule has 4 nitrogen and oxygen atoms in total. The Hall–Kier alpha value is -0.900. The van der Waals surface area contributed by atoms with E-state index < -0.39 is 0 Å². The quantitative estimate of drug-likeness (QED) is 0.625. The van der Waals surface area contributed by atoms with Crippen LogP contribution in [-0.2, 0) is 17.8 Å². The van der Waals surface area contributed by atoms with Gasteiger partial charge in [-0.3, -0.25) is 0 Å². The van der Waals surface area contributed by atoms with Crippen LogP contribution in [0.5, 0.6) is 0 Å². The number of hydrogen-bond acceptors (Lipinski definition) is 4. The summed E-state index contributed by atoms with van der Waals surface area (Å²) in [5, 5.41) is 3.67. The normalized spacial score (nSPS) is 10.2. The van der Waals surface area contributed by atoms with Gasteiger partial charge in [0.25, 0.3) is 0 Å². The van der Waals surface area contributed by atoms with Gasteiger partial charge in [-0.2, -0.15) is 4.98 Å². The van der Waals surface area contributed by atoms with Crippen molar-refractivity contribution in [1.29, 1.82) is 0 Å². The second kappa shape index (κ2) is 3.31. The lowest BCUT2D eigenvalue weighted by Gasteiger charge is -1.85. The van der Waals surface area contributed by atoms with Crippen molar-refractivity contribution < 1.29 is 9.26 Å². The molecular formula is C6H10N2O2. The standard InChI is InChI=1S/C6H10N2O2/c1-3-6-7-5(4-9-2)8-10-6/h3-4H2,1-2H3. The first-order valence-electron chi connectivity index (χ1n) is 3.17. The maximum absolute atomic E-state index is 4.83. The van der Waals surface area contributed by atoms with E-state index in [4.69, 9.17) is 9.26 Å². The SMILES string of the molecule is CCc1nc(COC)no1. The molecule has 0 aromatic carbocycles. The minimum Gasteiger partial charge on any atom is -0.377 e. The van der Waals surface area contributed by atoms with E-state index in [9.17, 15) is 0 Å². The van der Waals surface area contributed by atoms with Crippen molar-refractivity contribution in [3.8, 4) is 0 Å². The van der Waals surface area contributed by atoms with E-state index in [-0.39, 0.29) is 0 Å². The second-order valence-corrected chi connectivity index (χ2v) is 1.89. The number of aryl methyl sites for hydroxylation is 1. The number of rotatable bonds is 3. The van der Waals surface area contributed by atoms with Crippen LogP contribution in [0.25, 0.3) is 0 Å². The van der Waals surface area contributed by atoms with Crippen LogP contribution in [0, 0.1) is 0 Å². The van der Waals surface area contributed by atoms with Crippen molar-refractivity contribution in [2.24, 2.45) is 0 Å². The zero-order valence-corrected chi connectivity index (χ0v) is 6.13. The molecular weight excluding hydrogens is 132 g/mol. The van der Waals surface area contributed by atoms with Crippen molar-refractivity contribution >= 4 is 0 Å². The van der Waals surface area contributed by atoms with Gasteiger partial charge >= 0.3 is 0 Å². The number of hydrogen-bond donors (Lipinski definition) is 0. The van der Waals surface area contributed by atoms with Gasteiger partial charge in [0.05, 0.1) is 0 Å². The number of ether oxygens (including phenoxy) is 1. The van der Waals surface area contributed by atoms with Gasteiger partial charge in [0.2, 0.25) is 5.89 Å². The summed E-state index contributed by atoms with van der Waals surface area (Å²) in [4.78, 5) is 4.02. The van der Waals surface area contributed by atoms with Gasteiger partial charge in [0.1, 0.15) is 6.61 Å². The summed E-state index contributed by atoms with van der Waals surface area (Å²) in [6.45, 7) is 2.38. The zero-order chi connectivity index (χ0) is 7.40. The van der Waals surface area contributed by atoms with Crippen LogP contribution in [-0.4, -0.2) is 17.3 Å². The molecule has 1 aromatic heterocycles. The molecule has 0 radical (unpaired) electrons. The molecule has 0 aliphatic rings. The van der Waals surface area contributed by atoms with E-state index in [0.717, 1.165) is 6.42 Å². The Balaban J connectivity index is 2.59. The molecule has 0 N–H and O–H groups in total. The third kappa shape index (κ3) is 1.54. The molecule has 0 bridgehead atoms. The third-order valence-corrected chi connectivity index (χ3v) is 1.09. The fraction of sp³-hybridized carbons (Fsp3) is 0.667. The van der Waals surface area contributed by atoms with Gasteiger partial charge in [-0.05, 0) is 0 Å². The van der Waals surface area contributed by atoms with Crippen LogP contribution in [0.2, 0.25) is 0 Å². The van der Waals surface area contributed by atoms with Crippen LogP contribution < -0.4 is 0 Å². The van der Waals surface area contributed by atoms with Gasteiger partial charge in [-0.15, -0.1) is 0 Å². The van der Waals surface area contributed by atoms with Gasteiger partial charge in [-0.25, -0.2) is 0 Å². The average Bonchev–Trinajstić information content (AvgIpc) is 2.37. The Labute approximate surface area is 59.2 Å². The topological polar surface area (TPSA) is 48.2 Å². The molecule has 0 saturated heterocycles. The van der Waals surface area contributed by atoms with Crippen LogP contribution in [0.3, 0.4) is 0 Å². The lowest BCUT2D eigenvalue weighted by Crippen LogP contribution is -1.89. The van der Waals surface area contributed by atoms with Crippen molar-refractivity contribution in [2.75, 3.05) is 7.11 Å². The molecule has 1 aromatic rings. The molecule has 1 rings (SSSR count). The minimum atomic E-state index is 0.420. The Morgan fingerprint density at radius 3 is 2.90 bits per heavy atom. The van der Waals surface area contributed by atoms with Crippen molar-refractivity contribution in [2.45, 2.75) is 20.0 Å². The highest BCUT2D eigenvalue weighted by Crippen LogP contribution is 1.97. The Kier molecular flexibility index (Phi) is 2.39. The van der Waals surface area contributed by atoms with Crippen molar-refractivity contribution in [3.05, 3.63) is 11.7 Å². The van der Waals surface area contributed by atoms with E-state index in [1.807, 2.05) is 6.92 Å². The van der Waals surface area contributed by atoms with Crippen molar-refractivity contribution in [3.63, 3.8) is 0 Å². The Morgan fingerprint density at radius 1 is 1.60 bits per heavy atom. The lowest BCUT2D eigenvalue weighted by atomic mass is 10.5. The van der Waals surface area contributed by atoms with E-state index >= 15 is 0 Å². The van der Waals surface area contributed by atoms with E-state index in [1.54, 1.807) is 7.11 Å². The smallest absolute Gasteiger partial charge is 0.226 e. The second-order valence-electron chi connectivity index (χ2n) is 1.89. The molecule has 0 amide bonds. The van der Waals surface area contributed by atoms with Crippen LogP contribution in [0.4, 0.5) is 0 Å². The molecule has 0 aliphatic carbocycles. The summed E-state index contributed by atoms with van der Waals surface area (Å²) >= 11 is 0. The van der Waals surface area contributed by atoms with E-state index in [2.05, 4.69) is 10.1 Å². The van der Waals surface area contributed by atoms with Gasteiger partial charge in [0.15, 0.2) is 5.82 Å². The monoisotopic (exact) mass is 142 g/mol. The summed E-state index contributed by atoms with van der Waals surface area (Å²) in [6.07, 6.45) is 0.775. The molecule has 0 fully saturated rings. The zero-order valence-electron chi connectivity index (χ0n) is 6.13. The van der Waals surface area contributed by atoms with Crippen LogP contribution >= 0.6 is 0 Å². The summed E-state index contributed by atoms with van der Waals surface area (Å²) in [7, 11) is 1.60. The van der Waals surface area contributed by atoms with E-state index in [0.29, 0.717) is 18.3 Å². The van der Waals surface area contributed by atoms with Gasteiger partial charge in [-0.1, -0.05) is 12.1 Å². The fourth-order valence-corrected chi connectivity index (χ4v) is 0.621. The number of nitrogens with zero attached hydrogens (tertiary/aromatic N) is 2. The molecule has 0 aliphatic heterocycles. The van der Waals surface area contributed by atoms with E-state index in [1.165, 1.54) is 0 Å². The highest BCUT2D eigenvalue weighted by Gasteiger charge is 2.01. The fourth-order valence-electron chi connectivity index (χ4n) is 0.621. The maximum Gasteiger partial charge on any atom is 0.226 e. The predicted molar refractivity (Wildman–Crippen MR) is 34.4 cm³/mol. The highest BCUT2D eigenvalue weighted by molar-refractivity contribution is 4.82. The maximum atomic E-state index is 4.83. The first kappa shape index (κ1) is 7.21. The first-order valence-corrected chi connectivity index (χ1v) is 3.17. The summed E-state index contributed by atoms with van der Waals surface area (Å²) in [6, 6.07) is 0. The molecule has 10 heavy (non-hydrogen) atoms. The summed E-state index contributed by atoms with van der Waals surface area (Å²) < 4.78 is 9.63. The lowest BCUT2D eigenvalue weighted by molar-refractivity contribution is 0.174. The molecule has 1 heterocycles. The number of aromatic nitrogens is 2. The largest absolute Gasteiger partial charge is 0.377 e. The predicted octanol–water partition coefficient (Wildman–Crippen LogP) is 0.778. The molecule has 4 heteroatoms. The third-order valence-electron chi connectivity index (χ3n) is 1.09.